The Balaban J connectivity index is 4.40. The third-order valence-corrected chi connectivity index (χ3v) is 3.37. The first-order valence-corrected chi connectivity index (χ1v) is 7.73. The van der Waals surface area contributed by atoms with E-state index in [1.54, 1.807) is 6.92 Å². The predicted molar refractivity (Wildman–Crippen MR) is 82.1 cm³/mol. The number of rotatable bonds is 10. The fourth-order valence-corrected chi connectivity index (χ4v) is 2.17. The quantitative estimate of drug-likeness (QED) is 0.464. The molecule has 0 aliphatic rings. The summed E-state index contributed by atoms with van der Waals surface area (Å²) in [4.78, 5) is 22.6. The van der Waals surface area contributed by atoms with Crippen LogP contribution >= 0.6 is 0 Å². The molecule has 2 amide bonds. The van der Waals surface area contributed by atoms with Gasteiger partial charge in [0, 0.05) is 12.5 Å². The third-order valence-electron chi connectivity index (χ3n) is 3.37. The molecule has 0 unspecified atom stereocenters. The van der Waals surface area contributed by atoms with Gasteiger partial charge in [0.05, 0.1) is 12.1 Å². The first-order chi connectivity index (χ1) is 9.77. The number of carbonyl (C=O) groups excluding carboxylic acids is 1. The standard InChI is InChI=1S/C15H30N2O4/c1-5-6-7-16-14(19)11(4)9-13(18)12(8-10(2)3)17-15(20)21/h10-13,17-18H,5-9H2,1-4H3,(H,16,19)(H,20,21)/t11-,12+,13+/m1/s1. The minimum absolute atomic E-state index is 0.0962. The molecular weight excluding hydrogens is 272 g/mol. The first kappa shape index (κ1) is 19.7. The van der Waals surface area contributed by atoms with Crippen molar-refractivity contribution >= 4 is 12.0 Å². The third kappa shape index (κ3) is 9.28. The molecule has 0 saturated heterocycles. The van der Waals surface area contributed by atoms with Crippen LogP contribution in [0, 0.1) is 11.8 Å². The van der Waals surface area contributed by atoms with Gasteiger partial charge in [-0.2, -0.15) is 0 Å². The molecule has 0 aliphatic heterocycles. The van der Waals surface area contributed by atoms with Gasteiger partial charge in [0.25, 0.3) is 0 Å². The van der Waals surface area contributed by atoms with Gasteiger partial charge in [-0.05, 0) is 25.2 Å². The number of nitrogens with one attached hydrogen (secondary N) is 2. The molecule has 0 radical (unpaired) electrons. The highest BCUT2D eigenvalue weighted by atomic mass is 16.4. The fraction of sp³-hybridized carbons (Fsp3) is 0.867. The van der Waals surface area contributed by atoms with Crippen LogP contribution in [0.2, 0.25) is 0 Å². The summed E-state index contributed by atoms with van der Waals surface area (Å²) in [5.41, 5.74) is 0. The summed E-state index contributed by atoms with van der Waals surface area (Å²) in [6.45, 7) is 8.36. The van der Waals surface area contributed by atoms with E-state index in [2.05, 4.69) is 10.6 Å². The van der Waals surface area contributed by atoms with E-state index in [-0.39, 0.29) is 24.2 Å². The highest BCUT2D eigenvalue weighted by Crippen LogP contribution is 2.15. The van der Waals surface area contributed by atoms with E-state index in [1.807, 2.05) is 20.8 Å². The zero-order valence-electron chi connectivity index (χ0n) is 13.6. The molecule has 124 valence electrons. The summed E-state index contributed by atoms with van der Waals surface area (Å²) in [5.74, 6) is -0.187. The van der Waals surface area contributed by atoms with Crippen molar-refractivity contribution in [2.24, 2.45) is 11.8 Å². The molecule has 0 aromatic rings. The minimum atomic E-state index is -1.15. The van der Waals surface area contributed by atoms with E-state index < -0.39 is 18.2 Å². The summed E-state index contributed by atoms with van der Waals surface area (Å²) >= 11 is 0. The van der Waals surface area contributed by atoms with Crippen molar-refractivity contribution in [3.63, 3.8) is 0 Å². The Morgan fingerprint density at radius 1 is 1.14 bits per heavy atom. The highest BCUT2D eigenvalue weighted by molar-refractivity contribution is 5.78. The van der Waals surface area contributed by atoms with E-state index in [1.165, 1.54) is 0 Å². The predicted octanol–water partition coefficient (Wildman–Crippen LogP) is 1.97. The number of unbranched alkanes of at least 4 members (excludes halogenated alkanes) is 1. The van der Waals surface area contributed by atoms with Crippen LogP contribution in [0.4, 0.5) is 4.79 Å². The second kappa shape index (κ2) is 10.4. The zero-order valence-corrected chi connectivity index (χ0v) is 13.6. The summed E-state index contributed by atoms with van der Waals surface area (Å²) in [5, 5.41) is 24.2. The summed E-state index contributed by atoms with van der Waals surface area (Å²) in [6, 6.07) is -0.548. The molecule has 0 aliphatic carbocycles. The number of amides is 2. The van der Waals surface area contributed by atoms with Crippen LogP contribution in [-0.4, -0.2) is 40.9 Å². The number of aliphatic hydroxyl groups is 1. The molecule has 0 bridgehead atoms. The Labute approximate surface area is 127 Å². The molecule has 21 heavy (non-hydrogen) atoms. The van der Waals surface area contributed by atoms with Gasteiger partial charge in [0.1, 0.15) is 0 Å². The number of hydrogen-bond acceptors (Lipinski definition) is 3. The largest absolute Gasteiger partial charge is 0.465 e. The van der Waals surface area contributed by atoms with Crippen molar-refractivity contribution in [3.05, 3.63) is 0 Å². The van der Waals surface area contributed by atoms with Gasteiger partial charge in [0.15, 0.2) is 0 Å². The topological polar surface area (TPSA) is 98.7 Å². The summed E-state index contributed by atoms with van der Waals surface area (Å²) < 4.78 is 0. The van der Waals surface area contributed by atoms with E-state index in [0.29, 0.717) is 13.0 Å². The van der Waals surface area contributed by atoms with Crippen molar-refractivity contribution in [1.29, 1.82) is 0 Å². The van der Waals surface area contributed by atoms with Crippen molar-refractivity contribution in [2.45, 2.75) is 65.5 Å². The van der Waals surface area contributed by atoms with Gasteiger partial charge in [0.2, 0.25) is 5.91 Å². The van der Waals surface area contributed by atoms with Crippen molar-refractivity contribution in [3.8, 4) is 0 Å². The first-order valence-electron chi connectivity index (χ1n) is 7.73. The molecule has 6 nitrogen and oxygen atoms in total. The lowest BCUT2D eigenvalue weighted by Gasteiger charge is -2.26. The zero-order chi connectivity index (χ0) is 16.4. The molecule has 0 rings (SSSR count). The highest BCUT2D eigenvalue weighted by Gasteiger charge is 2.26. The molecule has 0 aromatic carbocycles. The van der Waals surface area contributed by atoms with Gasteiger partial charge < -0.3 is 20.8 Å². The SMILES string of the molecule is CCCCNC(=O)[C@H](C)C[C@H](O)[C@H](CC(C)C)NC(=O)O. The van der Waals surface area contributed by atoms with E-state index >= 15 is 0 Å². The number of carbonyl (C=O) groups is 2. The van der Waals surface area contributed by atoms with Gasteiger partial charge in [-0.15, -0.1) is 0 Å². The van der Waals surface area contributed by atoms with Crippen LogP contribution < -0.4 is 10.6 Å². The van der Waals surface area contributed by atoms with Crippen LogP contribution in [-0.2, 0) is 4.79 Å². The van der Waals surface area contributed by atoms with Gasteiger partial charge in [-0.1, -0.05) is 34.1 Å². The molecular formula is C15H30N2O4. The number of hydrogen-bond donors (Lipinski definition) is 4. The second-order valence-corrected chi connectivity index (χ2v) is 6.03. The van der Waals surface area contributed by atoms with Gasteiger partial charge in [-0.3, -0.25) is 4.79 Å². The molecule has 4 N–H and O–H groups in total. The Morgan fingerprint density at radius 2 is 1.76 bits per heavy atom. The lowest BCUT2D eigenvalue weighted by molar-refractivity contribution is -0.125. The fourth-order valence-electron chi connectivity index (χ4n) is 2.17. The van der Waals surface area contributed by atoms with E-state index in [4.69, 9.17) is 5.11 Å². The lowest BCUT2D eigenvalue weighted by Crippen LogP contribution is -2.45. The molecule has 3 atom stereocenters. The average molecular weight is 302 g/mol. The lowest BCUT2D eigenvalue weighted by atomic mass is 9.92. The van der Waals surface area contributed by atoms with Crippen LogP contribution in [0.3, 0.4) is 0 Å². The van der Waals surface area contributed by atoms with E-state index in [0.717, 1.165) is 12.8 Å². The van der Waals surface area contributed by atoms with Crippen LogP contribution in [0.25, 0.3) is 0 Å². The Morgan fingerprint density at radius 3 is 2.24 bits per heavy atom. The van der Waals surface area contributed by atoms with Crippen molar-refractivity contribution < 1.29 is 19.8 Å². The molecule has 0 saturated carbocycles. The molecule has 0 fully saturated rings. The van der Waals surface area contributed by atoms with Crippen LogP contribution in [0.1, 0.15) is 53.4 Å². The maximum atomic E-state index is 11.9. The van der Waals surface area contributed by atoms with Crippen molar-refractivity contribution in [2.75, 3.05) is 6.54 Å². The smallest absolute Gasteiger partial charge is 0.404 e. The molecule has 0 aromatic heterocycles. The monoisotopic (exact) mass is 302 g/mol. The van der Waals surface area contributed by atoms with Gasteiger partial charge >= 0.3 is 6.09 Å². The van der Waals surface area contributed by atoms with Crippen LogP contribution in [0.15, 0.2) is 0 Å². The normalized spacial score (nSPS) is 15.3. The average Bonchev–Trinajstić information content (AvgIpc) is 2.36. The number of carboxylic acid groups (broad SMARTS) is 1. The maximum absolute atomic E-state index is 11.9. The second-order valence-electron chi connectivity index (χ2n) is 6.03. The summed E-state index contributed by atoms with van der Waals surface area (Å²) in [6.07, 6.45) is 0.705. The van der Waals surface area contributed by atoms with Gasteiger partial charge in [-0.25, -0.2) is 4.79 Å². The minimum Gasteiger partial charge on any atom is -0.465 e. The van der Waals surface area contributed by atoms with Crippen LogP contribution in [0.5, 0.6) is 0 Å². The van der Waals surface area contributed by atoms with Crippen molar-refractivity contribution in [1.82, 2.24) is 10.6 Å². The number of aliphatic hydroxyl groups excluding tert-OH is 1. The summed E-state index contributed by atoms with van der Waals surface area (Å²) in [7, 11) is 0. The molecule has 0 spiro atoms. The molecule has 6 heteroatoms. The Bertz CT molecular complexity index is 321. The van der Waals surface area contributed by atoms with E-state index in [9.17, 15) is 14.7 Å². The Kier molecular flexibility index (Phi) is 9.78. The molecule has 0 heterocycles. The Hall–Kier alpha value is -1.30. The maximum Gasteiger partial charge on any atom is 0.404 e.